The lowest BCUT2D eigenvalue weighted by Gasteiger charge is -2.40. The summed E-state index contributed by atoms with van der Waals surface area (Å²) in [5.41, 5.74) is 8.85. The molecule has 172 valence electrons. The van der Waals surface area contributed by atoms with Crippen LogP contribution in [0.4, 0.5) is 4.39 Å². The number of H-pyrrole nitrogens is 1. The molecule has 0 saturated carbocycles. The van der Waals surface area contributed by atoms with Gasteiger partial charge in [0.15, 0.2) is 0 Å². The molecule has 1 atom stereocenters. The molecule has 2 aromatic carbocycles. The molecule has 1 aliphatic rings. The molecular formula is C26H29FN4O2. The lowest BCUT2D eigenvalue weighted by Crippen LogP contribution is -2.53. The number of hydrogen-bond donors (Lipinski definition) is 2. The Morgan fingerprint density at radius 1 is 1.15 bits per heavy atom. The average molecular weight is 449 g/mol. The van der Waals surface area contributed by atoms with Crippen molar-refractivity contribution in [1.29, 1.82) is 0 Å². The average Bonchev–Trinajstić information content (AvgIpc) is 3.29. The fraction of sp³-hybridized carbons (Fsp3) is 0.346. The maximum Gasteiger partial charge on any atom is 0.274 e. The van der Waals surface area contributed by atoms with Crippen molar-refractivity contribution in [2.45, 2.75) is 39.0 Å². The van der Waals surface area contributed by atoms with Crippen molar-refractivity contribution in [1.82, 2.24) is 15.1 Å². The second kappa shape index (κ2) is 9.17. The third-order valence-electron chi connectivity index (χ3n) is 6.45. The number of primary amides is 1. The van der Waals surface area contributed by atoms with Gasteiger partial charge in [-0.1, -0.05) is 50.2 Å². The Kier molecular flexibility index (Phi) is 6.31. The van der Waals surface area contributed by atoms with Crippen LogP contribution < -0.4 is 5.73 Å². The highest BCUT2D eigenvalue weighted by Crippen LogP contribution is 2.35. The molecule has 0 radical (unpaired) electrons. The number of amides is 2. The Morgan fingerprint density at radius 2 is 1.88 bits per heavy atom. The molecule has 6 nitrogen and oxygen atoms in total. The highest BCUT2D eigenvalue weighted by atomic mass is 19.1. The molecule has 0 bridgehead atoms. The fourth-order valence-corrected chi connectivity index (χ4v) is 4.56. The first-order valence-electron chi connectivity index (χ1n) is 11.3. The van der Waals surface area contributed by atoms with Gasteiger partial charge < -0.3 is 10.6 Å². The van der Waals surface area contributed by atoms with Crippen molar-refractivity contribution in [3.8, 4) is 11.1 Å². The summed E-state index contributed by atoms with van der Waals surface area (Å²) in [7, 11) is 0. The van der Waals surface area contributed by atoms with Crippen LogP contribution in [0.2, 0.25) is 0 Å². The van der Waals surface area contributed by atoms with Gasteiger partial charge in [-0.25, -0.2) is 4.39 Å². The minimum absolute atomic E-state index is 0.197. The second-order valence-corrected chi connectivity index (χ2v) is 9.23. The molecule has 1 saturated heterocycles. The smallest absolute Gasteiger partial charge is 0.274 e. The molecule has 1 aliphatic heterocycles. The van der Waals surface area contributed by atoms with Gasteiger partial charge in [0.25, 0.3) is 5.91 Å². The Hall–Kier alpha value is -3.48. The Balaban J connectivity index is 1.57. The number of rotatable bonds is 6. The van der Waals surface area contributed by atoms with Gasteiger partial charge >= 0.3 is 0 Å². The topological polar surface area (TPSA) is 92.1 Å². The van der Waals surface area contributed by atoms with Crippen LogP contribution in [0.1, 0.15) is 54.4 Å². The molecule has 1 aromatic heterocycles. The number of halogens is 1. The minimum Gasteiger partial charge on any atom is -0.369 e. The van der Waals surface area contributed by atoms with Crippen molar-refractivity contribution in [3.63, 3.8) is 0 Å². The molecule has 3 N–H and O–H groups in total. The van der Waals surface area contributed by atoms with E-state index in [4.69, 9.17) is 5.73 Å². The van der Waals surface area contributed by atoms with Crippen LogP contribution in [0, 0.1) is 11.2 Å². The summed E-state index contributed by atoms with van der Waals surface area (Å²) in [4.78, 5) is 27.5. The number of likely N-dealkylation sites (tertiary alicyclic amines) is 1. The number of carbonyl (C=O) groups is 2. The number of nitrogens with zero attached hydrogens (tertiary/aromatic N) is 2. The summed E-state index contributed by atoms with van der Waals surface area (Å²) in [6.45, 7) is 4.85. The van der Waals surface area contributed by atoms with E-state index in [0.29, 0.717) is 31.5 Å². The molecular weight excluding hydrogens is 419 g/mol. The largest absolute Gasteiger partial charge is 0.369 e. The predicted octanol–water partition coefficient (Wildman–Crippen LogP) is 4.29. The van der Waals surface area contributed by atoms with Gasteiger partial charge in [-0.05, 0) is 60.1 Å². The molecule has 0 unspecified atom stereocenters. The molecule has 2 amide bonds. The normalized spacial score (nSPS) is 18.5. The zero-order valence-corrected chi connectivity index (χ0v) is 19.0. The standard InChI is InChI=1S/C26H29FN4O2/c1-17(2)22-14-23(30-29-22)24(32)31-11-5-10-26(16-31,25(28)33)15-18-6-3-7-19(12-18)20-8-4-9-21(27)13-20/h3-4,6-9,12-14,17H,5,10-11,15-16H2,1-2H3,(H2,28,33)(H,29,30)/t26-/m1/s1. The van der Waals surface area contributed by atoms with Gasteiger partial charge in [-0.15, -0.1) is 0 Å². The van der Waals surface area contributed by atoms with E-state index < -0.39 is 11.3 Å². The number of hydrogen-bond acceptors (Lipinski definition) is 3. The molecule has 33 heavy (non-hydrogen) atoms. The van der Waals surface area contributed by atoms with Crippen LogP contribution in [0.3, 0.4) is 0 Å². The zero-order chi connectivity index (χ0) is 23.6. The number of piperidine rings is 1. The SMILES string of the molecule is CC(C)c1cc(C(=O)N2CCC[C@](Cc3cccc(-c4cccc(F)c4)c3)(C(N)=O)C2)n[nH]1. The molecule has 0 aliphatic carbocycles. The number of benzene rings is 2. The fourth-order valence-electron chi connectivity index (χ4n) is 4.56. The van der Waals surface area contributed by atoms with Crippen molar-refractivity contribution in [2.75, 3.05) is 13.1 Å². The van der Waals surface area contributed by atoms with Crippen LogP contribution in [0.25, 0.3) is 11.1 Å². The summed E-state index contributed by atoms with van der Waals surface area (Å²) in [6.07, 6.45) is 1.70. The van der Waals surface area contributed by atoms with E-state index >= 15 is 0 Å². The van der Waals surface area contributed by atoms with Gasteiger partial charge in [0.2, 0.25) is 5.91 Å². The number of carbonyl (C=O) groups excluding carboxylic acids is 2. The van der Waals surface area contributed by atoms with Gasteiger partial charge in [-0.2, -0.15) is 5.10 Å². The van der Waals surface area contributed by atoms with Crippen LogP contribution in [-0.2, 0) is 11.2 Å². The zero-order valence-electron chi connectivity index (χ0n) is 19.0. The Morgan fingerprint density at radius 3 is 2.55 bits per heavy atom. The first-order chi connectivity index (χ1) is 15.8. The lowest BCUT2D eigenvalue weighted by atomic mass is 9.74. The maximum atomic E-state index is 13.7. The van der Waals surface area contributed by atoms with Crippen LogP contribution in [0.5, 0.6) is 0 Å². The Bertz CT molecular complexity index is 1170. The first kappa shape index (κ1) is 22.7. The molecule has 7 heteroatoms. The van der Waals surface area contributed by atoms with E-state index in [2.05, 4.69) is 10.2 Å². The van der Waals surface area contributed by atoms with Gasteiger partial charge in [0.1, 0.15) is 11.5 Å². The van der Waals surface area contributed by atoms with E-state index in [1.54, 1.807) is 17.0 Å². The van der Waals surface area contributed by atoms with Crippen LogP contribution in [-0.4, -0.2) is 40.0 Å². The third-order valence-corrected chi connectivity index (χ3v) is 6.45. The molecule has 0 spiro atoms. The molecule has 4 rings (SSSR count). The highest BCUT2D eigenvalue weighted by molar-refractivity contribution is 5.93. The Labute approximate surface area is 193 Å². The minimum atomic E-state index is -0.869. The molecule has 2 heterocycles. The second-order valence-electron chi connectivity index (χ2n) is 9.23. The van der Waals surface area contributed by atoms with E-state index in [1.807, 2.05) is 44.2 Å². The summed E-state index contributed by atoms with van der Waals surface area (Å²) in [5, 5.41) is 7.10. The highest BCUT2D eigenvalue weighted by Gasteiger charge is 2.42. The van der Waals surface area contributed by atoms with Crippen molar-refractivity contribution in [3.05, 3.63) is 77.4 Å². The van der Waals surface area contributed by atoms with Gasteiger partial charge in [0.05, 0.1) is 5.41 Å². The number of nitrogens with one attached hydrogen (secondary N) is 1. The molecule has 1 fully saturated rings. The molecule has 3 aromatic rings. The summed E-state index contributed by atoms with van der Waals surface area (Å²) in [6, 6.07) is 15.9. The van der Waals surface area contributed by atoms with E-state index in [0.717, 1.165) is 22.4 Å². The third kappa shape index (κ3) is 4.82. The summed E-state index contributed by atoms with van der Waals surface area (Å²) < 4.78 is 13.7. The lowest BCUT2D eigenvalue weighted by molar-refractivity contribution is -0.130. The van der Waals surface area contributed by atoms with E-state index in [9.17, 15) is 14.0 Å². The maximum absolute atomic E-state index is 13.7. The van der Waals surface area contributed by atoms with E-state index in [1.165, 1.54) is 12.1 Å². The van der Waals surface area contributed by atoms with E-state index in [-0.39, 0.29) is 24.2 Å². The van der Waals surface area contributed by atoms with Crippen molar-refractivity contribution >= 4 is 11.8 Å². The monoisotopic (exact) mass is 448 g/mol. The predicted molar refractivity (Wildman–Crippen MR) is 125 cm³/mol. The number of aromatic nitrogens is 2. The number of aromatic amines is 1. The first-order valence-corrected chi connectivity index (χ1v) is 11.3. The van der Waals surface area contributed by atoms with Crippen molar-refractivity contribution < 1.29 is 14.0 Å². The summed E-state index contributed by atoms with van der Waals surface area (Å²) >= 11 is 0. The quantitative estimate of drug-likeness (QED) is 0.589. The van der Waals surface area contributed by atoms with Crippen LogP contribution in [0.15, 0.2) is 54.6 Å². The summed E-state index contributed by atoms with van der Waals surface area (Å²) in [5.74, 6) is -0.680. The van der Waals surface area contributed by atoms with Gasteiger partial charge in [-0.3, -0.25) is 14.7 Å². The van der Waals surface area contributed by atoms with Crippen molar-refractivity contribution in [2.24, 2.45) is 11.1 Å². The van der Waals surface area contributed by atoms with Crippen LogP contribution >= 0.6 is 0 Å². The number of nitrogens with two attached hydrogens (primary N) is 1. The van der Waals surface area contributed by atoms with Gasteiger partial charge in [0, 0.05) is 18.8 Å².